The highest BCUT2D eigenvalue weighted by Crippen LogP contribution is 2.23. The Labute approximate surface area is 123 Å². The average Bonchev–Trinajstić information content (AvgIpc) is 2.86. The summed E-state index contributed by atoms with van der Waals surface area (Å²) in [6.07, 6.45) is 4.04. The van der Waals surface area contributed by atoms with Gasteiger partial charge in [-0.3, -0.25) is 9.78 Å². The van der Waals surface area contributed by atoms with E-state index in [1.807, 2.05) is 24.6 Å². The van der Waals surface area contributed by atoms with Crippen LogP contribution in [0.5, 0.6) is 0 Å². The van der Waals surface area contributed by atoms with Crippen molar-refractivity contribution in [3.63, 3.8) is 0 Å². The molecule has 1 unspecified atom stereocenters. The molecule has 0 saturated carbocycles. The van der Waals surface area contributed by atoms with Gasteiger partial charge >= 0.3 is 0 Å². The highest BCUT2D eigenvalue weighted by molar-refractivity contribution is 5.92. The molecule has 0 radical (unpaired) electrons. The Balaban J connectivity index is 1.90. The molecular weight excluding hydrogens is 268 g/mol. The van der Waals surface area contributed by atoms with Crippen LogP contribution >= 0.6 is 0 Å². The molecule has 1 aliphatic rings. The van der Waals surface area contributed by atoms with Crippen LogP contribution < -0.4 is 0 Å². The van der Waals surface area contributed by atoms with Crippen LogP contribution in [0, 0.1) is 6.92 Å². The van der Waals surface area contributed by atoms with E-state index in [4.69, 9.17) is 0 Å². The van der Waals surface area contributed by atoms with Gasteiger partial charge in [0.1, 0.15) is 5.69 Å². The lowest BCUT2D eigenvalue weighted by Crippen LogP contribution is -2.46. The second-order valence-electron chi connectivity index (χ2n) is 5.44. The van der Waals surface area contributed by atoms with Crippen LogP contribution in [0.15, 0.2) is 24.7 Å². The summed E-state index contributed by atoms with van der Waals surface area (Å²) in [5.41, 5.74) is 3.38. The Hall–Kier alpha value is -2.21. The smallest absolute Gasteiger partial charge is 0.273 e. The molecule has 3 heterocycles. The molecule has 1 aliphatic heterocycles. The number of aliphatic hydroxyl groups is 1. The first-order valence-corrected chi connectivity index (χ1v) is 6.93. The fourth-order valence-electron chi connectivity index (χ4n) is 2.66. The molecule has 6 heteroatoms. The quantitative estimate of drug-likeness (QED) is 0.881. The number of carbonyl (C=O) groups excluding carboxylic acids is 1. The van der Waals surface area contributed by atoms with Crippen molar-refractivity contribution >= 4 is 5.91 Å². The highest BCUT2D eigenvalue weighted by Gasteiger charge is 2.32. The topological polar surface area (TPSA) is 71.2 Å². The second kappa shape index (κ2) is 5.29. The van der Waals surface area contributed by atoms with E-state index >= 15 is 0 Å². The molecule has 2 aromatic heterocycles. The third kappa shape index (κ3) is 2.42. The third-order valence-electron chi connectivity index (χ3n) is 3.94. The van der Waals surface area contributed by atoms with Crippen molar-refractivity contribution in [3.05, 3.63) is 47.3 Å². The first kappa shape index (κ1) is 13.8. The van der Waals surface area contributed by atoms with E-state index in [0.717, 1.165) is 17.0 Å². The SMILES string of the molecule is Cc1ccc(C(=O)N2Cc3ncn(C)c3CC2CO)nc1. The molecule has 0 aliphatic carbocycles. The summed E-state index contributed by atoms with van der Waals surface area (Å²) in [5, 5.41) is 9.61. The number of aryl methyl sites for hydroxylation is 2. The molecule has 3 rings (SSSR count). The molecular formula is C15H18N4O2. The maximum absolute atomic E-state index is 12.6. The molecule has 0 spiro atoms. The van der Waals surface area contributed by atoms with Crippen LogP contribution in [0.25, 0.3) is 0 Å². The summed E-state index contributed by atoms with van der Waals surface area (Å²) in [4.78, 5) is 22.8. The second-order valence-corrected chi connectivity index (χ2v) is 5.44. The molecule has 1 amide bonds. The van der Waals surface area contributed by atoms with Crippen molar-refractivity contribution in [1.29, 1.82) is 0 Å². The number of amides is 1. The molecule has 0 bridgehead atoms. The molecule has 0 aromatic carbocycles. The van der Waals surface area contributed by atoms with Crippen molar-refractivity contribution in [1.82, 2.24) is 19.4 Å². The van der Waals surface area contributed by atoms with E-state index in [1.54, 1.807) is 23.5 Å². The number of hydrogen-bond donors (Lipinski definition) is 1. The molecule has 1 atom stereocenters. The molecule has 0 fully saturated rings. The monoisotopic (exact) mass is 286 g/mol. The minimum absolute atomic E-state index is 0.0672. The van der Waals surface area contributed by atoms with Crippen LogP contribution in [0.4, 0.5) is 0 Å². The summed E-state index contributed by atoms with van der Waals surface area (Å²) in [6, 6.07) is 3.35. The van der Waals surface area contributed by atoms with Crippen LogP contribution in [-0.4, -0.2) is 43.1 Å². The van der Waals surface area contributed by atoms with Crippen LogP contribution in [0.1, 0.15) is 27.4 Å². The number of hydrogen-bond acceptors (Lipinski definition) is 4. The van der Waals surface area contributed by atoms with Gasteiger partial charge < -0.3 is 14.6 Å². The molecule has 21 heavy (non-hydrogen) atoms. The van der Waals surface area contributed by atoms with Gasteiger partial charge in [0.25, 0.3) is 5.91 Å². The van der Waals surface area contributed by atoms with E-state index < -0.39 is 0 Å². The molecule has 110 valence electrons. The highest BCUT2D eigenvalue weighted by atomic mass is 16.3. The molecule has 2 aromatic rings. The van der Waals surface area contributed by atoms with E-state index in [1.165, 1.54) is 0 Å². The lowest BCUT2D eigenvalue weighted by molar-refractivity contribution is 0.0530. The summed E-state index contributed by atoms with van der Waals surface area (Å²) >= 11 is 0. The maximum Gasteiger partial charge on any atom is 0.273 e. The zero-order valence-corrected chi connectivity index (χ0v) is 12.2. The average molecular weight is 286 g/mol. The van der Waals surface area contributed by atoms with Gasteiger partial charge in [-0.15, -0.1) is 0 Å². The van der Waals surface area contributed by atoms with Crippen LogP contribution in [0.2, 0.25) is 0 Å². The van der Waals surface area contributed by atoms with E-state index in [2.05, 4.69) is 9.97 Å². The summed E-state index contributed by atoms with van der Waals surface area (Å²) in [7, 11) is 1.93. The van der Waals surface area contributed by atoms with Gasteiger partial charge in [0.2, 0.25) is 0 Å². The van der Waals surface area contributed by atoms with Gasteiger partial charge in [-0.25, -0.2) is 4.98 Å². The maximum atomic E-state index is 12.6. The number of pyridine rings is 1. The summed E-state index contributed by atoms with van der Waals surface area (Å²) in [6.45, 7) is 2.27. The van der Waals surface area contributed by atoms with Crippen LogP contribution in [0.3, 0.4) is 0 Å². The molecule has 0 saturated heterocycles. The van der Waals surface area contributed by atoms with Gasteiger partial charge in [0.05, 0.1) is 31.2 Å². The van der Waals surface area contributed by atoms with Gasteiger partial charge in [-0.2, -0.15) is 0 Å². The normalized spacial score (nSPS) is 17.7. The lowest BCUT2D eigenvalue weighted by Gasteiger charge is -2.34. The van der Waals surface area contributed by atoms with Crippen molar-refractivity contribution in [2.75, 3.05) is 6.61 Å². The van der Waals surface area contributed by atoms with Gasteiger partial charge in [0, 0.05) is 25.4 Å². The summed E-state index contributed by atoms with van der Waals surface area (Å²) < 4.78 is 1.95. The Bertz CT molecular complexity index is 663. The fraction of sp³-hybridized carbons (Fsp3) is 0.400. The van der Waals surface area contributed by atoms with Crippen molar-refractivity contribution < 1.29 is 9.90 Å². The third-order valence-corrected chi connectivity index (χ3v) is 3.94. The number of imidazole rings is 1. The fourth-order valence-corrected chi connectivity index (χ4v) is 2.66. The largest absolute Gasteiger partial charge is 0.394 e. The summed E-state index contributed by atoms with van der Waals surface area (Å²) in [5.74, 6) is -0.162. The number of fused-ring (bicyclic) bond motifs is 1. The number of rotatable bonds is 2. The van der Waals surface area contributed by atoms with Gasteiger partial charge in [0.15, 0.2) is 0 Å². The number of nitrogens with zero attached hydrogens (tertiary/aromatic N) is 4. The predicted octanol–water partition coefficient (Wildman–Crippen LogP) is 0.683. The van der Waals surface area contributed by atoms with E-state index in [-0.39, 0.29) is 18.6 Å². The molecule has 6 nitrogen and oxygen atoms in total. The van der Waals surface area contributed by atoms with E-state index in [9.17, 15) is 9.90 Å². The minimum atomic E-state index is -0.233. The first-order valence-electron chi connectivity index (χ1n) is 6.93. The number of carbonyl (C=O) groups is 1. The number of aliphatic hydroxyl groups excluding tert-OH is 1. The zero-order chi connectivity index (χ0) is 15.0. The number of aromatic nitrogens is 3. The Morgan fingerprint density at radius 3 is 2.90 bits per heavy atom. The predicted molar refractivity (Wildman–Crippen MR) is 76.6 cm³/mol. The van der Waals surface area contributed by atoms with Crippen LogP contribution in [-0.2, 0) is 20.0 Å². The van der Waals surface area contributed by atoms with Crippen molar-refractivity contribution in [3.8, 4) is 0 Å². The minimum Gasteiger partial charge on any atom is -0.394 e. The lowest BCUT2D eigenvalue weighted by atomic mass is 10.0. The van der Waals surface area contributed by atoms with Crippen molar-refractivity contribution in [2.24, 2.45) is 7.05 Å². The van der Waals surface area contributed by atoms with Gasteiger partial charge in [-0.05, 0) is 18.6 Å². The Morgan fingerprint density at radius 1 is 1.43 bits per heavy atom. The molecule has 1 N–H and O–H groups in total. The van der Waals surface area contributed by atoms with E-state index in [0.29, 0.717) is 18.7 Å². The Morgan fingerprint density at radius 2 is 2.24 bits per heavy atom. The zero-order valence-electron chi connectivity index (χ0n) is 12.2. The van der Waals surface area contributed by atoms with Gasteiger partial charge in [-0.1, -0.05) is 6.07 Å². The standard InChI is InChI=1S/C15H18N4O2/c1-10-3-4-12(16-6-10)15(21)19-7-13-14(5-11(19)8-20)18(2)9-17-13/h3-4,6,9,11,20H,5,7-8H2,1-2H3. The first-order chi connectivity index (χ1) is 10.1. The van der Waals surface area contributed by atoms with Crippen molar-refractivity contribution in [2.45, 2.75) is 25.9 Å². The Kier molecular flexibility index (Phi) is 3.47.